The van der Waals surface area contributed by atoms with Crippen LogP contribution in [0.2, 0.25) is 0 Å². The number of hydrogen-bond donors (Lipinski definition) is 0. The van der Waals surface area contributed by atoms with E-state index in [0.717, 1.165) is 29.9 Å². The van der Waals surface area contributed by atoms with Crippen molar-refractivity contribution in [3.05, 3.63) is 216 Å². The molecule has 2 aliphatic carbocycles. The highest BCUT2D eigenvalue weighted by atomic mass is 32.1. The number of para-hydroxylation sites is 2. The zero-order valence-corrected chi connectivity index (χ0v) is 46.4. The smallest absolute Gasteiger partial charge is 0.333 e. The molecule has 0 spiro atoms. The van der Waals surface area contributed by atoms with Gasteiger partial charge in [0.2, 0.25) is 0 Å². The lowest BCUT2D eigenvalue weighted by Crippen LogP contribution is -2.61. The fourth-order valence-electron chi connectivity index (χ4n) is 13.9. The first-order valence-electron chi connectivity index (χ1n) is 27.7. The van der Waals surface area contributed by atoms with E-state index in [1.807, 2.05) is 11.3 Å². The maximum Gasteiger partial charge on any atom is 0.333 e. The molecule has 0 saturated carbocycles. The SMILES string of the molecule is Cc1cc2c(cc1N1c3cc(-c4ccccc4)ccc3B3c4c(cc(N(c5ccccc5)c5ccccc5)cc41)-c1cc4c(cc1N3c1ccc3c(c1)C(C)(C)CCC3(C)C)sc1ccccc14)C(C)(C)CCC2(C)C. The van der Waals surface area contributed by atoms with Gasteiger partial charge in [-0.3, -0.25) is 0 Å². The van der Waals surface area contributed by atoms with Crippen molar-refractivity contribution < 1.29 is 0 Å². The van der Waals surface area contributed by atoms with Crippen LogP contribution < -0.4 is 25.5 Å². The molecule has 14 rings (SSSR count). The lowest BCUT2D eigenvalue weighted by atomic mass is 9.43. The Bertz CT molecular complexity index is 3940. The van der Waals surface area contributed by atoms with Gasteiger partial charge in [-0.05, 0) is 189 Å². The van der Waals surface area contributed by atoms with Gasteiger partial charge in [-0.25, -0.2) is 0 Å². The number of rotatable bonds is 6. The summed E-state index contributed by atoms with van der Waals surface area (Å²) in [6.07, 6.45) is 4.65. The van der Waals surface area contributed by atoms with Crippen molar-refractivity contribution in [3.63, 3.8) is 0 Å². The van der Waals surface area contributed by atoms with Gasteiger partial charge in [0.1, 0.15) is 0 Å². The summed E-state index contributed by atoms with van der Waals surface area (Å²) in [6.45, 7) is 21.9. The lowest BCUT2D eigenvalue weighted by Gasteiger charge is -2.48. The number of hydrogen-bond acceptors (Lipinski definition) is 4. The molecule has 0 radical (unpaired) electrons. The van der Waals surface area contributed by atoms with Gasteiger partial charge in [-0.1, -0.05) is 165 Å². The number of thiophene rings is 1. The number of aryl methyl sites for hydroxylation is 1. The Balaban J connectivity index is 1.15. The van der Waals surface area contributed by atoms with Crippen LogP contribution in [-0.2, 0) is 21.7 Å². The summed E-state index contributed by atoms with van der Waals surface area (Å²) in [5, 5.41) is 2.62. The normalized spacial score (nSPS) is 17.1. The van der Waals surface area contributed by atoms with E-state index in [-0.39, 0.29) is 28.5 Å². The first-order valence-corrected chi connectivity index (χ1v) is 28.5. The Hall–Kier alpha value is -7.34. The van der Waals surface area contributed by atoms with Gasteiger partial charge in [0.15, 0.2) is 0 Å². The van der Waals surface area contributed by atoms with Crippen molar-refractivity contribution in [2.24, 2.45) is 0 Å². The van der Waals surface area contributed by atoms with Gasteiger partial charge in [-0.15, -0.1) is 11.3 Å². The van der Waals surface area contributed by atoms with Crippen molar-refractivity contribution >= 4 is 94.8 Å². The molecule has 0 N–H and O–H groups in total. The molecule has 4 aliphatic rings. The van der Waals surface area contributed by atoms with E-state index >= 15 is 0 Å². The summed E-state index contributed by atoms with van der Waals surface area (Å²) < 4.78 is 2.63. The summed E-state index contributed by atoms with van der Waals surface area (Å²) >= 11 is 1.92. The summed E-state index contributed by atoms with van der Waals surface area (Å²) in [6, 6.07) is 72.3. The van der Waals surface area contributed by atoms with Crippen LogP contribution >= 0.6 is 11.3 Å². The van der Waals surface area contributed by atoms with E-state index in [2.05, 4.69) is 265 Å². The zero-order valence-electron chi connectivity index (χ0n) is 45.6. The van der Waals surface area contributed by atoms with Crippen molar-refractivity contribution in [2.75, 3.05) is 14.6 Å². The third kappa shape index (κ3) is 7.21. The molecule has 2 aliphatic heterocycles. The van der Waals surface area contributed by atoms with Gasteiger partial charge >= 0.3 is 6.85 Å². The molecule has 3 nitrogen and oxygen atoms in total. The van der Waals surface area contributed by atoms with Crippen LogP contribution in [0.3, 0.4) is 0 Å². The Labute approximate surface area is 454 Å². The number of fused-ring (bicyclic) bond motifs is 9. The second-order valence-electron chi connectivity index (χ2n) is 25.1. The fraction of sp³-hybridized carbons (Fsp3) is 0.239. The minimum atomic E-state index is -0.151. The van der Waals surface area contributed by atoms with Crippen molar-refractivity contribution in [1.82, 2.24) is 0 Å². The highest BCUT2D eigenvalue weighted by Gasteiger charge is 2.48. The molecular weight excluding hydrogens is 938 g/mol. The molecule has 76 heavy (non-hydrogen) atoms. The maximum atomic E-state index is 2.76. The van der Waals surface area contributed by atoms with Crippen LogP contribution in [0.5, 0.6) is 0 Å². The van der Waals surface area contributed by atoms with E-state index in [0.29, 0.717) is 0 Å². The number of benzene rings is 9. The molecular formula is C71H66BN3S. The second-order valence-corrected chi connectivity index (χ2v) is 26.2. The molecule has 3 heterocycles. The van der Waals surface area contributed by atoms with Gasteiger partial charge in [-0.2, -0.15) is 0 Å². The van der Waals surface area contributed by atoms with Crippen LogP contribution in [0, 0.1) is 6.92 Å². The maximum absolute atomic E-state index is 2.76. The highest BCUT2D eigenvalue weighted by Crippen LogP contribution is 2.56. The predicted molar refractivity (Wildman–Crippen MR) is 328 cm³/mol. The fourth-order valence-corrected chi connectivity index (χ4v) is 15.0. The van der Waals surface area contributed by atoms with E-state index < -0.39 is 0 Å². The summed E-state index contributed by atoms with van der Waals surface area (Å²) in [7, 11) is 0. The molecule has 0 atom stereocenters. The quantitative estimate of drug-likeness (QED) is 0.154. The monoisotopic (exact) mass is 1000 g/mol. The predicted octanol–water partition coefficient (Wildman–Crippen LogP) is 18.9. The molecule has 9 aromatic carbocycles. The highest BCUT2D eigenvalue weighted by molar-refractivity contribution is 7.25. The van der Waals surface area contributed by atoms with Crippen molar-refractivity contribution in [2.45, 2.75) is 110 Å². The minimum absolute atomic E-state index is 0.0122. The molecule has 10 aromatic rings. The lowest BCUT2D eigenvalue weighted by molar-refractivity contribution is 0.332. The Morgan fingerprint density at radius 3 is 1.68 bits per heavy atom. The molecule has 0 unspecified atom stereocenters. The number of anilines is 8. The first kappa shape index (κ1) is 47.1. The van der Waals surface area contributed by atoms with Crippen LogP contribution in [-0.4, -0.2) is 6.85 Å². The van der Waals surface area contributed by atoms with Gasteiger partial charge in [0.05, 0.1) is 0 Å². The molecule has 374 valence electrons. The molecule has 0 fully saturated rings. The van der Waals surface area contributed by atoms with Gasteiger partial charge in [0, 0.05) is 71.2 Å². The third-order valence-electron chi connectivity index (χ3n) is 18.4. The third-order valence-corrected chi connectivity index (χ3v) is 19.6. The average Bonchev–Trinajstić information content (AvgIpc) is 3.87. The van der Waals surface area contributed by atoms with Crippen LogP contribution in [0.1, 0.15) is 109 Å². The minimum Gasteiger partial charge on any atom is -0.376 e. The van der Waals surface area contributed by atoms with Gasteiger partial charge in [0.25, 0.3) is 0 Å². The molecule has 0 amide bonds. The Kier molecular flexibility index (Phi) is 10.4. The largest absolute Gasteiger partial charge is 0.376 e. The van der Waals surface area contributed by atoms with E-state index in [9.17, 15) is 0 Å². The average molecular weight is 1000 g/mol. The second kappa shape index (κ2) is 16.8. The molecule has 1 aromatic heterocycles. The standard InChI is InChI=1S/C71H66BN3S/c1-45-37-57-59(71(8,9)36-35-69(57,4)5)43-61(45)74-63-38-47(46-21-13-10-14-22-46)29-32-60(63)72-67-55(39-51(41-64(67)74)73(48-23-15-11-16-24-48)49-25-17-12-18-26-49)53-42-54-52-27-19-20-28-65(52)76-66(54)44-62(53)75(72)50-30-31-56-58(40-50)70(6,7)34-33-68(56,2)3/h10-32,37-44H,33-36H2,1-9H3. The van der Waals surface area contributed by atoms with Gasteiger partial charge < -0.3 is 14.6 Å². The summed E-state index contributed by atoms with van der Waals surface area (Å²) in [4.78, 5) is 7.93. The van der Waals surface area contributed by atoms with E-state index in [4.69, 9.17) is 0 Å². The van der Waals surface area contributed by atoms with Crippen LogP contribution in [0.4, 0.5) is 45.5 Å². The topological polar surface area (TPSA) is 9.72 Å². The molecule has 0 bridgehead atoms. The van der Waals surface area contributed by atoms with Crippen molar-refractivity contribution in [1.29, 1.82) is 0 Å². The zero-order chi connectivity index (χ0) is 52.0. The Morgan fingerprint density at radius 2 is 1.01 bits per heavy atom. The van der Waals surface area contributed by atoms with Crippen LogP contribution in [0.25, 0.3) is 42.4 Å². The van der Waals surface area contributed by atoms with Crippen LogP contribution in [0.15, 0.2) is 188 Å². The van der Waals surface area contributed by atoms with E-state index in [1.165, 1.54) is 122 Å². The summed E-state index contributed by atoms with van der Waals surface area (Å²) in [5.41, 5.74) is 24.6. The number of nitrogens with zero attached hydrogens (tertiary/aromatic N) is 3. The molecule has 0 saturated heterocycles. The Morgan fingerprint density at radius 1 is 0.421 bits per heavy atom. The van der Waals surface area contributed by atoms with Crippen molar-refractivity contribution in [3.8, 4) is 22.3 Å². The molecule has 5 heteroatoms. The first-order chi connectivity index (χ1) is 36.6. The van der Waals surface area contributed by atoms with E-state index in [1.54, 1.807) is 0 Å². The summed E-state index contributed by atoms with van der Waals surface area (Å²) in [5.74, 6) is 0.